The number of fused-ring (bicyclic) bond motifs is 1. The Morgan fingerprint density at radius 3 is 2.73 bits per heavy atom. The van der Waals surface area contributed by atoms with Crippen molar-refractivity contribution in [1.29, 1.82) is 0 Å². The number of piperidine rings is 1. The van der Waals surface area contributed by atoms with E-state index in [0.717, 1.165) is 44.2 Å². The fraction of sp³-hybridized carbons (Fsp3) is 0.600. The summed E-state index contributed by atoms with van der Waals surface area (Å²) in [6, 6.07) is 7.58. The van der Waals surface area contributed by atoms with Gasteiger partial charge in [-0.15, -0.1) is 0 Å². The van der Waals surface area contributed by atoms with E-state index >= 15 is 0 Å². The van der Waals surface area contributed by atoms with Crippen LogP contribution in [-0.2, 0) is 9.53 Å². The van der Waals surface area contributed by atoms with Gasteiger partial charge in [-0.2, -0.15) is 0 Å². The van der Waals surface area contributed by atoms with Crippen LogP contribution in [0.1, 0.15) is 48.9 Å². The highest BCUT2D eigenvalue weighted by molar-refractivity contribution is 6.02. The highest BCUT2D eigenvalue weighted by atomic mass is 16.5. The SMILES string of the molecule is CO[C@@H]1CCC[C@H](C(=O)N2CCC3(CC2)NC(=O)c2ccccc2N3)C1. The fourth-order valence-electron chi connectivity index (χ4n) is 4.56. The van der Waals surface area contributed by atoms with Gasteiger partial charge in [0.05, 0.1) is 11.7 Å². The number of ether oxygens (including phenoxy) is 1. The predicted octanol–water partition coefficient (Wildman–Crippen LogP) is 2.37. The molecule has 2 aliphatic heterocycles. The van der Waals surface area contributed by atoms with E-state index in [1.807, 2.05) is 29.2 Å². The lowest BCUT2D eigenvalue weighted by atomic mass is 9.85. The van der Waals surface area contributed by atoms with Crippen molar-refractivity contribution < 1.29 is 14.3 Å². The zero-order valence-electron chi connectivity index (χ0n) is 15.3. The van der Waals surface area contributed by atoms with Crippen LogP contribution in [0.25, 0.3) is 0 Å². The van der Waals surface area contributed by atoms with Crippen LogP contribution in [-0.4, -0.2) is 48.7 Å². The standard InChI is InChI=1S/C20H27N3O3/c1-26-15-6-4-5-14(13-15)19(25)23-11-9-20(10-12-23)21-17-8-3-2-7-16(17)18(24)22-20/h2-3,7-8,14-15,21H,4-6,9-13H2,1H3,(H,22,24)/t14-,15+/m0/s1. The second kappa shape index (κ2) is 6.91. The Balaban J connectivity index is 1.40. The Morgan fingerprint density at radius 1 is 1.19 bits per heavy atom. The predicted molar refractivity (Wildman–Crippen MR) is 98.8 cm³/mol. The lowest BCUT2D eigenvalue weighted by Crippen LogP contribution is -2.63. The van der Waals surface area contributed by atoms with Gasteiger partial charge in [-0.3, -0.25) is 9.59 Å². The zero-order chi connectivity index (χ0) is 18.1. The van der Waals surface area contributed by atoms with Crippen LogP contribution >= 0.6 is 0 Å². The van der Waals surface area contributed by atoms with E-state index in [-0.39, 0.29) is 23.8 Å². The Morgan fingerprint density at radius 2 is 1.96 bits per heavy atom. The third kappa shape index (κ3) is 3.18. The topological polar surface area (TPSA) is 70.7 Å². The monoisotopic (exact) mass is 357 g/mol. The van der Waals surface area contributed by atoms with Gasteiger partial charge in [0, 0.05) is 44.6 Å². The lowest BCUT2D eigenvalue weighted by molar-refractivity contribution is -0.139. The molecule has 1 aromatic rings. The van der Waals surface area contributed by atoms with Crippen molar-refractivity contribution in [3.63, 3.8) is 0 Å². The number of hydrogen-bond donors (Lipinski definition) is 2. The lowest BCUT2D eigenvalue weighted by Gasteiger charge is -2.46. The van der Waals surface area contributed by atoms with Gasteiger partial charge in [-0.1, -0.05) is 18.6 Å². The summed E-state index contributed by atoms with van der Waals surface area (Å²) in [5, 5.41) is 6.64. The van der Waals surface area contributed by atoms with Crippen molar-refractivity contribution in [3.8, 4) is 0 Å². The number of anilines is 1. The highest BCUT2D eigenvalue weighted by Crippen LogP contribution is 2.33. The van der Waals surface area contributed by atoms with Gasteiger partial charge in [0.15, 0.2) is 0 Å². The molecular formula is C20H27N3O3. The molecule has 0 bridgehead atoms. The van der Waals surface area contributed by atoms with Crippen LogP contribution in [0.15, 0.2) is 24.3 Å². The van der Waals surface area contributed by atoms with Gasteiger partial charge in [0.2, 0.25) is 5.91 Å². The summed E-state index contributed by atoms with van der Waals surface area (Å²) < 4.78 is 5.47. The third-order valence-electron chi connectivity index (χ3n) is 6.14. The van der Waals surface area contributed by atoms with E-state index in [1.165, 1.54) is 0 Å². The van der Waals surface area contributed by atoms with Gasteiger partial charge in [-0.25, -0.2) is 0 Å². The molecule has 1 spiro atoms. The van der Waals surface area contributed by atoms with Gasteiger partial charge >= 0.3 is 0 Å². The average Bonchev–Trinajstić information content (AvgIpc) is 2.68. The van der Waals surface area contributed by atoms with E-state index < -0.39 is 5.66 Å². The Bertz CT molecular complexity index is 697. The molecule has 2 atom stereocenters. The van der Waals surface area contributed by atoms with Crippen LogP contribution in [0.3, 0.4) is 0 Å². The molecule has 0 aromatic heterocycles. The minimum atomic E-state index is -0.441. The number of benzene rings is 1. The van der Waals surface area contributed by atoms with Crippen molar-refractivity contribution in [2.75, 3.05) is 25.5 Å². The number of nitrogens with one attached hydrogen (secondary N) is 2. The van der Waals surface area contributed by atoms with E-state index in [2.05, 4.69) is 10.6 Å². The number of nitrogens with zero attached hydrogens (tertiary/aromatic N) is 1. The van der Waals surface area contributed by atoms with Gasteiger partial charge in [0.25, 0.3) is 5.91 Å². The molecule has 2 N–H and O–H groups in total. The first kappa shape index (κ1) is 17.3. The van der Waals surface area contributed by atoms with Crippen molar-refractivity contribution in [2.24, 2.45) is 5.92 Å². The molecule has 1 aliphatic carbocycles. The first-order valence-electron chi connectivity index (χ1n) is 9.61. The van der Waals surface area contributed by atoms with Crippen LogP contribution in [0.5, 0.6) is 0 Å². The molecule has 2 amide bonds. The Hall–Kier alpha value is -2.08. The van der Waals surface area contributed by atoms with E-state index in [4.69, 9.17) is 4.74 Å². The molecule has 26 heavy (non-hydrogen) atoms. The first-order chi connectivity index (χ1) is 12.6. The second-order valence-electron chi connectivity index (χ2n) is 7.75. The largest absolute Gasteiger partial charge is 0.381 e. The molecule has 1 aromatic carbocycles. The summed E-state index contributed by atoms with van der Waals surface area (Å²) >= 11 is 0. The molecule has 4 rings (SSSR count). The molecule has 2 fully saturated rings. The number of likely N-dealkylation sites (tertiary alicyclic amines) is 1. The molecule has 140 valence electrons. The van der Waals surface area contributed by atoms with Gasteiger partial charge in [0.1, 0.15) is 5.66 Å². The molecule has 1 saturated carbocycles. The maximum atomic E-state index is 12.9. The number of carbonyl (C=O) groups excluding carboxylic acids is 2. The van der Waals surface area contributed by atoms with Gasteiger partial charge < -0.3 is 20.3 Å². The van der Waals surface area contributed by atoms with E-state index in [1.54, 1.807) is 7.11 Å². The highest BCUT2D eigenvalue weighted by Gasteiger charge is 2.42. The number of para-hydroxylation sites is 1. The molecule has 3 aliphatic rings. The molecule has 1 saturated heterocycles. The Kier molecular flexibility index (Phi) is 4.61. The minimum Gasteiger partial charge on any atom is -0.381 e. The summed E-state index contributed by atoms with van der Waals surface area (Å²) in [6.07, 6.45) is 5.56. The molecule has 2 heterocycles. The second-order valence-corrected chi connectivity index (χ2v) is 7.75. The number of rotatable bonds is 2. The maximum Gasteiger partial charge on any atom is 0.255 e. The summed E-state index contributed by atoms with van der Waals surface area (Å²) in [5.41, 5.74) is 1.12. The average molecular weight is 357 g/mol. The number of hydrogen-bond acceptors (Lipinski definition) is 4. The third-order valence-corrected chi connectivity index (χ3v) is 6.14. The fourth-order valence-corrected chi connectivity index (χ4v) is 4.56. The summed E-state index contributed by atoms with van der Waals surface area (Å²) in [5.74, 6) is 0.302. The quantitative estimate of drug-likeness (QED) is 0.852. The van der Waals surface area contributed by atoms with Crippen molar-refractivity contribution >= 4 is 17.5 Å². The first-order valence-corrected chi connectivity index (χ1v) is 9.61. The molecule has 6 heteroatoms. The molecule has 0 radical (unpaired) electrons. The normalized spacial score (nSPS) is 27.4. The van der Waals surface area contributed by atoms with Crippen molar-refractivity contribution in [1.82, 2.24) is 10.2 Å². The molecule has 6 nitrogen and oxygen atoms in total. The number of amides is 2. The zero-order valence-corrected chi connectivity index (χ0v) is 15.3. The van der Waals surface area contributed by atoms with Crippen LogP contribution in [0, 0.1) is 5.92 Å². The molecular weight excluding hydrogens is 330 g/mol. The smallest absolute Gasteiger partial charge is 0.255 e. The number of methoxy groups -OCH3 is 1. The minimum absolute atomic E-state index is 0.0330. The summed E-state index contributed by atoms with van der Waals surface area (Å²) in [6.45, 7) is 1.34. The summed E-state index contributed by atoms with van der Waals surface area (Å²) in [4.78, 5) is 27.3. The van der Waals surface area contributed by atoms with Crippen molar-refractivity contribution in [2.45, 2.75) is 50.3 Å². The van der Waals surface area contributed by atoms with Crippen molar-refractivity contribution in [3.05, 3.63) is 29.8 Å². The van der Waals surface area contributed by atoms with Crippen LogP contribution in [0.4, 0.5) is 5.69 Å². The van der Waals surface area contributed by atoms with Crippen LogP contribution in [0.2, 0.25) is 0 Å². The van der Waals surface area contributed by atoms with Crippen LogP contribution < -0.4 is 10.6 Å². The molecule has 0 unspecified atom stereocenters. The van der Waals surface area contributed by atoms with E-state index in [0.29, 0.717) is 18.7 Å². The van der Waals surface area contributed by atoms with Gasteiger partial charge in [-0.05, 0) is 31.4 Å². The van der Waals surface area contributed by atoms with E-state index in [9.17, 15) is 9.59 Å². The Labute approximate surface area is 154 Å². The maximum absolute atomic E-state index is 12.9. The number of carbonyl (C=O) groups is 2. The summed E-state index contributed by atoms with van der Waals surface area (Å²) in [7, 11) is 1.73.